The first kappa shape index (κ1) is 12.9. The zero-order valence-electron chi connectivity index (χ0n) is 10.6. The molecule has 98 valence electrons. The van der Waals surface area contributed by atoms with E-state index >= 15 is 0 Å². The molecule has 0 radical (unpaired) electrons. The Labute approximate surface area is 109 Å². The highest BCUT2D eigenvalue weighted by Crippen LogP contribution is 2.25. The predicted octanol–water partition coefficient (Wildman–Crippen LogP) is 1.90. The lowest BCUT2D eigenvalue weighted by Crippen LogP contribution is -2.07. The van der Waals surface area contributed by atoms with Gasteiger partial charge in [-0.05, 0) is 6.07 Å². The first-order valence-electron chi connectivity index (χ1n) is 5.62. The van der Waals surface area contributed by atoms with E-state index in [0.29, 0.717) is 5.56 Å². The fraction of sp³-hybridized carbons (Fsp3) is 0.143. The normalized spacial score (nSPS) is 11.4. The van der Waals surface area contributed by atoms with Gasteiger partial charge in [0.15, 0.2) is 0 Å². The van der Waals surface area contributed by atoms with Gasteiger partial charge in [0.05, 0.1) is 19.8 Å². The molecule has 0 unspecified atom stereocenters. The minimum Gasteiger partial charge on any atom is -0.466 e. The number of carbonyl (C=O) groups is 2. The van der Waals surface area contributed by atoms with Crippen LogP contribution in [0, 0.1) is 0 Å². The highest BCUT2D eigenvalue weighted by atomic mass is 16.5. The second-order valence-electron chi connectivity index (χ2n) is 3.82. The molecule has 1 N–H and O–H groups in total. The summed E-state index contributed by atoms with van der Waals surface area (Å²) >= 11 is 0. The summed E-state index contributed by atoms with van der Waals surface area (Å²) in [7, 11) is 2.52. The number of esters is 2. The first-order valence-corrected chi connectivity index (χ1v) is 5.62. The van der Waals surface area contributed by atoms with E-state index in [-0.39, 0.29) is 5.57 Å². The van der Waals surface area contributed by atoms with Gasteiger partial charge in [-0.15, -0.1) is 0 Å². The molecule has 5 heteroatoms. The van der Waals surface area contributed by atoms with Crippen molar-refractivity contribution in [2.24, 2.45) is 0 Å². The highest BCUT2D eigenvalue weighted by molar-refractivity contribution is 6.23. The monoisotopic (exact) mass is 259 g/mol. The van der Waals surface area contributed by atoms with E-state index in [9.17, 15) is 9.59 Å². The maximum atomic E-state index is 11.8. The van der Waals surface area contributed by atoms with Crippen LogP contribution in [0.2, 0.25) is 0 Å². The van der Waals surface area contributed by atoms with Crippen molar-refractivity contribution < 1.29 is 19.1 Å². The molecular weight excluding hydrogens is 246 g/mol. The predicted molar refractivity (Wildman–Crippen MR) is 70.3 cm³/mol. The summed E-state index contributed by atoms with van der Waals surface area (Å²) in [4.78, 5) is 26.2. The molecule has 2 rings (SSSR count). The molecule has 0 spiro atoms. The van der Waals surface area contributed by atoms with Crippen LogP contribution >= 0.6 is 0 Å². The molecule has 1 aromatic carbocycles. The van der Waals surface area contributed by atoms with E-state index in [1.165, 1.54) is 14.2 Å². The van der Waals surface area contributed by atoms with Crippen molar-refractivity contribution in [3.63, 3.8) is 0 Å². The van der Waals surface area contributed by atoms with Gasteiger partial charge in [-0.2, -0.15) is 0 Å². The Morgan fingerprint density at radius 3 is 2.58 bits per heavy atom. The summed E-state index contributed by atoms with van der Waals surface area (Å²) in [6, 6.07) is 7.47. The molecule has 0 aliphatic heterocycles. The Bertz CT molecular complexity index is 654. The van der Waals surface area contributed by atoms with Crippen LogP contribution in [0.25, 0.3) is 16.5 Å². The number of nitrogens with one attached hydrogen (secondary N) is 1. The number of aromatic nitrogens is 1. The Balaban J connectivity index is 2.58. The van der Waals surface area contributed by atoms with E-state index < -0.39 is 11.9 Å². The summed E-state index contributed by atoms with van der Waals surface area (Å²) in [5, 5.41) is 0.836. The quantitative estimate of drug-likeness (QED) is 0.675. The number of rotatable bonds is 3. The zero-order chi connectivity index (χ0) is 13.8. The number of fused-ring (bicyclic) bond motifs is 1. The number of methoxy groups -OCH3 is 2. The molecule has 0 aliphatic carbocycles. The summed E-state index contributed by atoms with van der Waals surface area (Å²) in [6.45, 7) is 0. The largest absolute Gasteiger partial charge is 0.466 e. The minimum absolute atomic E-state index is 0.159. The van der Waals surface area contributed by atoms with Crippen molar-refractivity contribution >= 4 is 28.4 Å². The van der Waals surface area contributed by atoms with Crippen molar-refractivity contribution in [2.75, 3.05) is 14.2 Å². The van der Waals surface area contributed by atoms with E-state index in [1.807, 2.05) is 24.3 Å². The van der Waals surface area contributed by atoms with Gasteiger partial charge < -0.3 is 14.5 Å². The summed E-state index contributed by atoms with van der Waals surface area (Å²) < 4.78 is 9.25. The van der Waals surface area contributed by atoms with Crippen LogP contribution in [0.15, 0.2) is 36.5 Å². The smallest absolute Gasteiger partial charge is 0.338 e. The van der Waals surface area contributed by atoms with Crippen molar-refractivity contribution in [2.45, 2.75) is 0 Å². The second kappa shape index (κ2) is 5.39. The molecule has 0 saturated heterocycles. The third-order valence-electron chi connectivity index (χ3n) is 2.75. The topological polar surface area (TPSA) is 68.4 Å². The number of para-hydroxylation sites is 1. The number of aromatic amines is 1. The van der Waals surface area contributed by atoms with Crippen LogP contribution in [0.5, 0.6) is 0 Å². The summed E-state index contributed by atoms with van der Waals surface area (Å²) in [6.07, 6.45) is 2.79. The molecule has 5 nitrogen and oxygen atoms in total. The van der Waals surface area contributed by atoms with Gasteiger partial charge in [-0.25, -0.2) is 9.59 Å². The molecule has 0 aliphatic rings. The van der Waals surface area contributed by atoms with Crippen molar-refractivity contribution in [3.8, 4) is 0 Å². The Hall–Kier alpha value is -2.56. The molecule has 2 aromatic rings. The van der Waals surface area contributed by atoms with Gasteiger partial charge in [0.25, 0.3) is 0 Å². The number of benzene rings is 1. The summed E-state index contributed by atoms with van der Waals surface area (Å²) in [5.41, 5.74) is 1.64. The maximum absolute atomic E-state index is 11.8. The molecule has 0 atom stereocenters. The van der Waals surface area contributed by atoms with Crippen LogP contribution in [-0.4, -0.2) is 31.1 Å². The van der Waals surface area contributed by atoms with Crippen LogP contribution in [0.3, 0.4) is 0 Å². The fourth-order valence-corrected chi connectivity index (χ4v) is 1.83. The molecule has 0 bridgehead atoms. The van der Waals surface area contributed by atoms with Gasteiger partial charge >= 0.3 is 11.9 Å². The number of ether oxygens (including phenoxy) is 2. The lowest BCUT2D eigenvalue weighted by Gasteiger charge is -2.04. The van der Waals surface area contributed by atoms with Crippen LogP contribution in [-0.2, 0) is 19.1 Å². The Morgan fingerprint density at radius 2 is 1.89 bits per heavy atom. The third kappa shape index (κ3) is 2.49. The Kier molecular flexibility index (Phi) is 3.66. The van der Waals surface area contributed by atoms with Gasteiger partial charge in [0, 0.05) is 28.7 Å². The Morgan fingerprint density at radius 1 is 1.16 bits per heavy atom. The van der Waals surface area contributed by atoms with Crippen molar-refractivity contribution in [1.82, 2.24) is 4.98 Å². The van der Waals surface area contributed by atoms with Crippen molar-refractivity contribution in [1.29, 1.82) is 0 Å². The maximum Gasteiger partial charge on any atom is 0.338 e. The van der Waals surface area contributed by atoms with E-state index in [4.69, 9.17) is 4.74 Å². The third-order valence-corrected chi connectivity index (χ3v) is 2.75. The lowest BCUT2D eigenvalue weighted by molar-refractivity contribution is -0.136. The fourth-order valence-electron chi connectivity index (χ4n) is 1.83. The van der Waals surface area contributed by atoms with Gasteiger partial charge in [-0.3, -0.25) is 0 Å². The van der Waals surface area contributed by atoms with Crippen molar-refractivity contribution in [3.05, 3.63) is 42.1 Å². The van der Waals surface area contributed by atoms with E-state index in [1.54, 1.807) is 6.20 Å². The van der Waals surface area contributed by atoms with E-state index in [0.717, 1.165) is 17.0 Å². The summed E-state index contributed by atoms with van der Waals surface area (Å²) in [5.74, 6) is -1.19. The standard InChI is InChI=1S/C14H13NO4/c1-18-13(16)7-10(14(17)19-2)11-8-15-12-6-4-3-5-9(11)12/h3-8,15H,1-2H3/b10-7-. The second-order valence-corrected chi connectivity index (χ2v) is 3.82. The average Bonchev–Trinajstić information content (AvgIpc) is 2.87. The van der Waals surface area contributed by atoms with Gasteiger partial charge in [0.2, 0.25) is 0 Å². The average molecular weight is 259 g/mol. The lowest BCUT2D eigenvalue weighted by atomic mass is 10.0. The molecular formula is C14H13NO4. The van der Waals surface area contributed by atoms with Crippen LogP contribution in [0.4, 0.5) is 0 Å². The molecule has 19 heavy (non-hydrogen) atoms. The molecule has 0 amide bonds. The van der Waals surface area contributed by atoms with E-state index in [2.05, 4.69) is 9.72 Å². The number of hydrogen-bond acceptors (Lipinski definition) is 4. The number of H-pyrrole nitrogens is 1. The number of hydrogen-bond donors (Lipinski definition) is 1. The highest BCUT2D eigenvalue weighted by Gasteiger charge is 2.18. The van der Waals surface area contributed by atoms with Crippen LogP contribution < -0.4 is 0 Å². The molecule has 1 aromatic heterocycles. The van der Waals surface area contributed by atoms with Gasteiger partial charge in [0.1, 0.15) is 0 Å². The minimum atomic E-state index is -0.606. The van der Waals surface area contributed by atoms with Gasteiger partial charge in [-0.1, -0.05) is 18.2 Å². The molecule has 0 saturated carbocycles. The number of carbonyl (C=O) groups excluding carboxylic acids is 2. The zero-order valence-corrected chi connectivity index (χ0v) is 10.6. The first-order chi connectivity index (χ1) is 9.17. The SMILES string of the molecule is COC(=O)/C=C(\C(=O)OC)c1c[nH]c2ccccc12. The van der Waals surface area contributed by atoms with Crippen LogP contribution in [0.1, 0.15) is 5.56 Å². The molecule has 1 heterocycles. The molecule has 0 fully saturated rings.